The minimum Gasteiger partial charge on any atom is -0.175 e. The van der Waals surface area contributed by atoms with Crippen LogP contribution in [0.4, 0.5) is 0 Å². The quantitative estimate of drug-likeness (QED) is 0.651. The summed E-state index contributed by atoms with van der Waals surface area (Å²) >= 11 is 4.15. The van der Waals surface area contributed by atoms with Gasteiger partial charge in [0.25, 0.3) is 0 Å². The van der Waals surface area contributed by atoms with Crippen LogP contribution in [0.25, 0.3) is 10.8 Å². The maximum absolute atomic E-state index is 7.60. The number of rotatable bonds is 1. The Morgan fingerprint density at radius 1 is 1.23 bits per heavy atom. The Balaban J connectivity index is 2.75. The molecule has 0 nitrogen and oxygen atoms in total. The molecule has 0 spiro atoms. The molecule has 1 heteroatoms. The summed E-state index contributed by atoms with van der Waals surface area (Å²) in [5, 5.41) is 2.44. The topological polar surface area (TPSA) is 0 Å². The first-order valence-electron chi connectivity index (χ1n) is 4.86. The molecule has 13 heavy (non-hydrogen) atoms. The van der Waals surface area contributed by atoms with Crippen molar-refractivity contribution in [2.75, 3.05) is 0 Å². The van der Waals surface area contributed by atoms with Crippen molar-refractivity contribution < 1.29 is 1.37 Å². The van der Waals surface area contributed by atoms with Crippen LogP contribution >= 0.6 is 12.6 Å². The van der Waals surface area contributed by atoms with Gasteiger partial charge in [-0.2, -0.15) is 12.6 Å². The predicted molar refractivity (Wildman–Crippen MR) is 61.4 cm³/mol. The van der Waals surface area contributed by atoms with E-state index < -0.39 is 5.73 Å². The Morgan fingerprint density at radius 2 is 2.00 bits per heavy atom. The second-order valence-electron chi connectivity index (χ2n) is 3.13. The van der Waals surface area contributed by atoms with E-state index in [1.54, 1.807) is 0 Å². The van der Waals surface area contributed by atoms with Gasteiger partial charge in [-0.3, -0.25) is 0 Å². The smallest absolute Gasteiger partial charge is 0.0428 e. The molecule has 0 aromatic heterocycles. The van der Waals surface area contributed by atoms with Gasteiger partial charge < -0.3 is 0 Å². The van der Waals surface area contributed by atoms with Gasteiger partial charge in [-0.1, -0.05) is 36.4 Å². The summed E-state index contributed by atoms with van der Waals surface area (Å²) in [6.45, 7) is 2.05. The first-order valence-corrected chi connectivity index (χ1v) is 4.80. The molecule has 0 saturated heterocycles. The number of hydrogen-bond acceptors (Lipinski definition) is 1. The second kappa shape index (κ2) is 3.43. The molecule has 0 saturated carbocycles. The summed E-state index contributed by atoms with van der Waals surface area (Å²) < 4.78 is 7.60. The van der Waals surface area contributed by atoms with Gasteiger partial charge >= 0.3 is 0 Å². The van der Waals surface area contributed by atoms with Crippen LogP contribution in [0.1, 0.15) is 12.5 Å². The molecular weight excluding hydrogens is 176 g/mol. The fourth-order valence-electron chi connectivity index (χ4n) is 1.58. The third-order valence-corrected chi connectivity index (χ3v) is 2.66. The van der Waals surface area contributed by atoms with E-state index in [0.717, 1.165) is 11.1 Å². The molecule has 0 fully saturated rings. The van der Waals surface area contributed by atoms with E-state index in [2.05, 4.69) is 37.8 Å². The molecule has 0 aliphatic heterocycles. The van der Waals surface area contributed by atoms with Crippen LogP contribution in [-0.4, -0.2) is 0 Å². The van der Waals surface area contributed by atoms with Gasteiger partial charge in [0.05, 0.1) is 0 Å². The zero-order chi connectivity index (χ0) is 10.1. The van der Waals surface area contributed by atoms with Crippen LogP contribution < -0.4 is 0 Å². The number of thiol groups is 1. The molecule has 0 aliphatic rings. The minimum atomic E-state index is -0.445. The average molecular weight is 189 g/mol. The number of benzene rings is 2. The van der Waals surface area contributed by atoms with Crippen molar-refractivity contribution in [2.45, 2.75) is 12.7 Å². The van der Waals surface area contributed by atoms with Crippen molar-refractivity contribution in [3.63, 3.8) is 0 Å². The molecule has 0 heterocycles. The summed E-state index contributed by atoms with van der Waals surface area (Å²) in [6.07, 6.45) is 0. The Morgan fingerprint density at radius 3 is 2.77 bits per heavy atom. The minimum absolute atomic E-state index is 0.445. The van der Waals surface area contributed by atoms with Crippen molar-refractivity contribution >= 4 is 23.4 Å². The van der Waals surface area contributed by atoms with E-state index in [0.29, 0.717) is 0 Å². The fraction of sp³-hybridized carbons (Fsp3) is 0.167. The zero-order valence-corrected chi connectivity index (χ0v) is 8.38. The van der Waals surface area contributed by atoms with E-state index in [4.69, 9.17) is 1.37 Å². The van der Waals surface area contributed by atoms with Crippen molar-refractivity contribution in [2.24, 2.45) is 0 Å². The van der Waals surface area contributed by atoms with Crippen LogP contribution in [0.2, 0.25) is 0 Å². The third kappa shape index (κ3) is 1.44. The molecule has 2 aromatic carbocycles. The third-order valence-electron chi connectivity index (χ3n) is 2.38. The van der Waals surface area contributed by atoms with Gasteiger partial charge in [0.2, 0.25) is 0 Å². The summed E-state index contributed by atoms with van der Waals surface area (Å²) in [7, 11) is 0. The van der Waals surface area contributed by atoms with Crippen molar-refractivity contribution in [3.05, 3.63) is 47.5 Å². The molecular formula is C12H12S. The number of hydrogen-bond donors (Lipinski definition) is 1. The standard InChI is InChI=1S/C12H12S/c1-9-11(8-13)7-6-10-4-2-3-5-12(9)10/h2-7,13H,8H2,1H3/i8D/t8-/m1/s1. The van der Waals surface area contributed by atoms with Gasteiger partial charge in [0.15, 0.2) is 0 Å². The molecule has 0 unspecified atom stereocenters. The second-order valence-corrected chi connectivity index (χ2v) is 3.39. The Hall–Kier alpha value is -0.950. The molecule has 0 aliphatic carbocycles. The summed E-state index contributed by atoms with van der Waals surface area (Å²) in [5.41, 5.74) is 1.71. The van der Waals surface area contributed by atoms with Crippen molar-refractivity contribution in [1.82, 2.24) is 0 Å². The van der Waals surface area contributed by atoms with E-state index in [9.17, 15) is 0 Å². The van der Waals surface area contributed by atoms with Crippen LogP contribution in [0, 0.1) is 6.92 Å². The maximum Gasteiger partial charge on any atom is 0.0428 e. The maximum atomic E-state index is 7.60. The first-order chi connectivity index (χ1) is 6.70. The lowest BCUT2D eigenvalue weighted by Crippen LogP contribution is -1.86. The fourth-order valence-corrected chi connectivity index (χ4v) is 1.86. The molecule has 0 bridgehead atoms. The van der Waals surface area contributed by atoms with Crippen LogP contribution in [0.3, 0.4) is 0 Å². The Bertz CT molecular complexity index is 463. The summed E-state index contributed by atoms with van der Waals surface area (Å²) in [4.78, 5) is 0. The summed E-state index contributed by atoms with van der Waals surface area (Å²) in [5.74, 6) is 0. The Labute approximate surface area is 85.4 Å². The highest BCUT2D eigenvalue weighted by atomic mass is 32.1. The van der Waals surface area contributed by atoms with Crippen LogP contribution in [0.5, 0.6) is 0 Å². The highest BCUT2D eigenvalue weighted by Gasteiger charge is 2.00. The lowest BCUT2D eigenvalue weighted by molar-refractivity contribution is 1.35. The molecule has 2 rings (SSSR count). The first kappa shape index (κ1) is 7.45. The highest BCUT2D eigenvalue weighted by molar-refractivity contribution is 7.79. The lowest BCUT2D eigenvalue weighted by Gasteiger charge is -2.06. The van der Waals surface area contributed by atoms with E-state index >= 15 is 0 Å². The zero-order valence-electron chi connectivity index (χ0n) is 8.49. The SMILES string of the molecule is [2H][C@@H](S)c1ccc2ccccc2c1C. The molecule has 66 valence electrons. The highest BCUT2D eigenvalue weighted by Crippen LogP contribution is 2.22. The van der Waals surface area contributed by atoms with Gasteiger partial charge in [-0.25, -0.2) is 0 Å². The molecule has 0 radical (unpaired) electrons. The number of aryl methyl sites for hydroxylation is 1. The number of fused-ring (bicyclic) bond motifs is 1. The van der Waals surface area contributed by atoms with E-state index in [1.807, 2.05) is 18.2 Å². The monoisotopic (exact) mass is 189 g/mol. The average Bonchev–Trinajstić information content (AvgIpc) is 2.18. The Kier molecular flexibility index (Phi) is 1.96. The van der Waals surface area contributed by atoms with Gasteiger partial charge in [0.1, 0.15) is 0 Å². The predicted octanol–water partition coefficient (Wildman–Crippen LogP) is 3.58. The lowest BCUT2D eigenvalue weighted by atomic mass is 10.0. The van der Waals surface area contributed by atoms with Crippen LogP contribution in [-0.2, 0) is 5.73 Å². The molecule has 1 atom stereocenters. The largest absolute Gasteiger partial charge is 0.175 e. The molecule has 0 amide bonds. The van der Waals surface area contributed by atoms with E-state index in [-0.39, 0.29) is 0 Å². The van der Waals surface area contributed by atoms with Gasteiger partial charge in [0, 0.05) is 7.10 Å². The van der Waals surface area contributed by atoms with Crippen molar-refractivity contribution in [3.8, 4) is 0 Å². The van der Waals surface area contributed by atoms with Gasteiger partial charge in [-0.05, 0) is 28.8 Å². The van der Waals surface area contributed by atoms with Crippen LogP contribution in [0.15, 0.2) is 36.4 Å². The van der Waals surface area contributed by atoms with E-state index in [1.165, 1.54) is 10.8 Å². The molecule has 0 N–H and O–H groups in total. The summed E-state index contributed by atoms with van der Waals surface area (Å²) in [6, 6.07) is 12.3. The van der Waals surface area contributed by atoms with Gasteiger partial charge in [-0.15, -0.1) is 0 Å². The normalized spacial score (nSPS) is 14.2. The van der Waals surface area contributed by atoms with Crippen molar-refractivity contribution in [1.29, 1.82) is 0 Å². The molecule has 2 aromatic rings.